The van der Waals surface area contributed by atoms with E-state index in [9.17, 15) is 8.42 Å². The molecule has 0 fully saturated rings. The SMILES string of the molecule is Cc1ccc(Br)c(NS(=O)(=O)c2cccnc2N)c1. The molecule has 100 valence electrons. The number of anilines is 2. The highest BCUT2D eigenvalue weighted by Gasteiger charge is 2.19. The van der Waals surface area contributed by atoms with Crippen molar-refractivity contribution in [2.45, 2.75) is 11.8 Å². The Bertz CT molecular complexity index is 717. The Kier molecular flexibility index (Phi) is 3.77. The van der Waals surface area contributed by atoms with Crippen molar-refractivity contribution < 1.29 is 8.42 Å². The number of hydrogen-bond acceptors (Lipinski definition) is 4. The lowest BCUT2D eigenvalue weighted by Crippen LogP contribution is -2.15. The van der Waals surface area contributed by atoms with Gasteiger partial charge in [-0.3, -0.25) is 4.72 Å². The van der Waals surface area contributed by atoms with Crippen LogP contribution in [-0.2, 0) is 10.0 Å². The molecule has 0 aliphatic carbocycles. The fourth-order valence-electron chi connectivity index (χ4n) is 1.55. The molecule has 0 aliphatic rings. The Morgan fingerprint density at radius 2 is 2.05 bits per heavy atom. The van der Waals surface area contributed by atoms with Crippen LogP contribution in [0.15, 0.2) is 45.9 Å². The molecule has 0 saturated heterocycles. The number of nitrogen functional groups attached to an aromatic ring is 1. The molecule has 2 rings (SSSR count). The van der Waals surface area contributed by atoms with Crippen LogP contribution in [0.2, 0.25) is 0 Å². The molecule has 1 aromatic heterocycles. The van der Waals surface area contributed by atoms with Crippen LogP contribution in [0.3, 0.4) is 0 Å². The van der Waals surface area contributed by atoms with Gasteiger partial charge in [0, 0.05) is 10.7 Å². The van der Waals surface area contributed by atoms with Crippen molar-refractivity contribution in [2.24, 2.45) is 0 Å². The van der Waals surface area contributed by atoms with Gasteiger partial charge in [-0.05, 0) is 52.7 Å². The number of aryl methyl sites for hydroxylation is 1. The summed E-state index contributed by atoms with van der Waals surface area (Å²) in [6, 6.07) is 8.32. The minimum atomic E-state index is -3.75. The lowest BCUT2D eigenvalue weighted by Gasteiger charge is -2.11. The Labute approximate surface area is 120 Å². The topological polar surface area (TPSA) is 85.1 Å². The fraction of sp³-hybridized carbons (Fsp3) is 0.0833. The van der Waals surface area contributed by atoms with Crippen LogP contribution < -0.4 is 10.5 Å². The third-order valence-electron chi connectivity index (χ3n) is 2.46. The second-order valence-corrected chi connectivity index (χ2v) is 6.48. The molecular formula is C12H12BrN3O2S. The number of pyridine rings is 1. The summed E-state index contributed by atoms with van der Waals surface area (Å²) in [4.78, 5) is 3.74. The van der Waals surface area contributed by atoms with Gasteiger partial charge < -0.3 is 5.73 Å². The van der Waals surface area contributed by atoms with Gasteiger partial charge in [-0.1, -0.05) is 6.07 Å². The summed E-state index contributed by atoms with van der Waals surface area (Å²) in [7, 11) is -3.75. The highest BCUT2D eigenvalue weighted by molar-refractivity contribution is 9.10. The van der Waals surface area contributed by atoms with Crippen molar-refractivity contribution in [3.8, 4) is 0 Å². The largest absolute Gasteiger partial charge is 0.383 e. The van der Waals surface area contributed by atoms with Crippen molar-refractivity contribution in [2.75, 3.05) is 10.5 Å². The Morgan fingerprint density at radius 1 is 1.32 bits per heavy atom. The summed E-state index contributed by atoms with van der Waals surface area (Å²) in [5.41, 5.74) is 6.99. The predicted octanol–water partition coefficient (Wildman–Crippen LogP) is 2.54. The van der Waals surface area contributed by atoms with Gasteiger partial charge in [-0.2, -0.15) is 0 Å². The van der Waals surface area contributed by atoms with E-state index >= 15 is 0 Å². The predicted molar refractivity (Wildman–Crippen MR) is 78.3 cm³/mol. The molecule has 1 heterocycles. The third kappa shape index (κ3) is 3.05. The number of nitrogens with zero attached hydrogens (tertiary/aromatic N) is 1. The highest BCUT2D eigenvalue weighted by atomic mass is 79.9. The van der Waals surface area contributed by atoms with Crippen LogP contribution in [-0.4, -0.2) is 13.4 Å². The molecule has 0 atom stereocenters. The van der Waals surface area contributed by atoms with Gasteiger partial charge in [-0.15, -0.1) is 0 Å². The number of sulfonamides is 1. The number of benzene rings is 1. The van der Waals surface area contributed by atoms with E-state index in [4.69, 9.17) is 5.73 Å². The lowest BCUT2D eigenvalue weighted by atomic mass is 10.2. The van der Waals surface area contributed by atoms with Crippen molar-refractivity contribution in [1.29, 1.82) is 0 Å². The number of aromatic nitrogens is 1. The summed E-state index contributed by atoms with van der Waals surface area (Å²) in [6.45, 7) is 1.88. The molecule has 0 saturated carbocycles. The molecule has 7 heteroatoms. The van der Waals surface area contributed by atoms with Gasteiger partial charge in [0.05, 0.1) is 5.69 Å². The fourth-order valence-corrected chi connectivity index (χ4v) is 3.18. The standard InChI is InChI=1S/C12H12BrN3O2S/c1-8-4-5-9(13)10(7-8)16-19(17,18)11-3-2-6-15-12(11)14/h2-7,16H,1H3,(H2,14,15). The number of halogens is 1. The van der Waals surface area contributed by atoms with E-state index in [-0.39, 0.29) is 10.7 Å². The van der Waals surface area contributed by atoms with E-state index in [0.717, 1.165) is 5.56 Å². The van der Waals surface area contributed by atoms with Crippen LogP contribution in [0.4, 0.5) is 11.5 Å². The first kappa shape index (κ1) is 13.8. The zero-order valence-corrected chi connectivity index (χ0v) is 12.5. The van der Waals surface area contributed by atoms with Crippen LogP contribution in [0.25, 0.3) is 0 Å². The molecule has 0 spiro atoms. The quantitative estimate of drug-likeness (QED) is 0.898. The maximum absolute atomic E-state index is 12.2. The Balaban J connectivity index is 2.43. The minimum Gasteiger partial charge on any atom is -0.383 e. The molecule has 1 aromatic carbocycles. The maximum Gasteiger partial charge on any atom is 0.265 e. The molecule has 0 amide bonds. The van der Waals surface area contributed by atoms with Gasteiger partial charge in [0.25, 0.3) is 10.0 Å². The van der Waals surface area contributed by atoms with Crippen LogP contribution in [0.1, 0.15) is 5.56 Å². The maximum atomic E-state index is 12.2. The summed E-state index contributed by atoms with van der Waals surface area (Å²) >= 11 is 3.30. The van der Waals surface area contributed by atoms with E-state index in [1.807, 2.05) is 13.0 Å². The zero-order chi connectivity index (χ0) is 14.0. The van der Waals surface area contributed by atoms with Crippen molar-refractivity contribution in [1.82, 2.24) is 4.98 Å². The van der Waals surface area contributed by atoms with E-state index < -0.39 is 10.0 Å². The minimum absolute atomic E-state index is 0.0289. The monoisotopic (exact) mass is 341 g/mol. The first-order chi connectivity index (χ1) is 8.90. The molecular weight excluding hydrogens is 330 g/mol. The summed E-state index contributed by atoms with van der Waals surface area (Å²) in [6.07, 6.45) is 1.44. The Hall–Kier alpha value is -1.60. The smallest absolute Gasteiger partial charge is 0.265 e. The van der Waals surface area contributed by atoms with Gasteiger partial charge in [-0.25, -0.2) is 13.4 Å². The molecule has 5 nitrogen and oxygen atoms in total. The van der Waals surface area contributed by atoms with Crippen molar-refractivity contribution in [3.05, 3.63) is 46.6 Å². The molecule has 0 radical (unpaired) electrons. The van der Waals surface area contributed by atoms with Crippen molar-refractivity contribution >= 4 is 37.5 Å². The summed E-state index contributed by atoms with van der Waals surface area (Å²) < 4.78 is 27.6. The Morgan fingerprint density at radius 3 is 2.74 bits per heavy atom. The third-order valence-corrected chi connectivity index (χ3v) is 4.56. The van der Waals surface area contributed by atoms with Crippen LogP contribution in [0.5, 0.6) is 0 Å². The van der Waals surface area contributed by atoms with Gasteiger partial charge in [0.15, 0.2) is 0 Å². The van der Waals surface area contributed by atoms with Gasteiger partial charge in [0.1, 0.15) is 10.7 Å². The second kappa shape index (κ2) is 5.18. The zero-order valence-electron chi connectivity index (χ0n) is 10.1. The number of nitrogens with two attached hydrogens (primary N) is 1. The average molecular weight is 342 g/mol. The van der Waals surface area contributed by atoms with Gasteiger partial charge >= 0.3 is 0 Å². The van der Waals surface area contributed by atoms with E-state index in [0.29, 0.717) is 10.2 Å². The van der Waals surface area contributed by atoms with Crippen LogP contribution in [0, 0.1) is 6.92 Å². The molecule has 0 bridgehead atoms. The summed E-state index contributed by atoms with van der Waals surface area (Å²) in [5, 5.41) is 0. The first-order valence-corrected chi connectivity index (χ1v) is 7.67. The second-order valence-electron chi connectivity index (χ2n) is 3.98. The van der Waals surface area contributed by atoms with E-state index in [1.165, 1.54) is 18.3 Å². The average Bonchev–Trinajstić information content (AvgIpc) is 2.34. The van der Waals surface area contributed by atoms with E-state index in [2.05, 4.69) is 25.6 Å². The highest BCUT2D eigenvalue weighted by Crippen LogP contribution is 2.27. The van der Waals surface area contributed by atoms with Crippen LogP contribution >= 0.6 is 15.9 Å². The molecule has 3 N–H and O–H groups in total. The number of hydrogen-bond donors (Lipinski definition) is 2. The van der Waals surface area contributed by atoms with E-state index in [1.54, 1.807) is 12.1 Å². The summed E-state index contributed by atoms with van der Waals surface area (Å²) in [5.74, 6) is -0.0289. The molecule has 19 heavy (non-hydrogen) atoms. The molecule has 2 aromatic rings. The van der Waals surface area contributed by atoms with Gasteiger partial charge in [0.2, 0.25) is 0 Å². The molecule has 0 aliphatic heterocycles. The van der Waals surface area contributed by atoms with Crippen molar-refractivity contribution in [3.63, 3.8) is 0 Å². The lowest BCUT2D eigenvalue weighted by molar-refractivity contribution is 0.601. The number of rotatable bonds is 3. The molecule has 0 unspecified atom stereocenters. The number of nitrogens with one attached hydrogen (secondary N) is 1. The first-order valence-electron chi connectivity index (χ1n) is 5.39. The normalized spacial score (nSPS) is 11.3.